The van der Waals surface area contributed by atoms with Crippen molar-refractivity contribution in [1.29, 1.82) is 0 Å². The maximum Gasteiger partial charge on any atom is 0.306 e. The molecular weight excluding hydrogens is 502 g/mol. The lowest BCUT2D eigenvalue weighted by Crippen LogP contribution is -2.15. The molecule has 0 aliphatic carbocycles. The van der Waals surface area contributed by atoms with Gasteiger partial charge in [-0.3, -0.25) is 4.79 Å². The molecule has 0 aromatic heterocycles. The van der Waals surface area contributed by atoms with E-state index in [9.17, 15) is 4.79 Å². The highest BCUT2D eigenvalue weighted by molar-refractivity contribution is 5.69. The largest absolute Gasteiger partial charge is 0.461 e. The normalized spacial score (nSPS) is 15.3. The Morgan fingerprint density at radius 1 is 0.634 bits per heavy atom. The van der Waals surface area contributed by atoms with E-state index in [1.54, 1.807) is 0 Å². The molecule has 0 aromatic rings. The van der Waals surface area contributed by atoms with Crippen LogP contribution in [0, 0.1) is 0 Å². The van der Waals surface area contributed by atoms with Crippen molar-refractivity contribution in [3.8, 4) is 0 Å². The van der Waals surface area contributed by atoms with Gasteiger partial charge in [-0.15, -0.1) is 0 Å². The molecule has 0 bridgehead atoms. The van der Waals surface area contributed by atoms with Crippen LogP contribution in [-0.2, 0) is 9.53 Å². The van der Waals surface area contributed by atoms with Gasteiger partial charge in [0.15, 0.2) is 0 Å². The molecule has 0 spiro atoms. The molecule has 0 atom stereocenters. The first-order valence-corrected chi connectivity index (χ1v) is 14.7. The first kappa shape index (κ1) is 37.6. The van der Waals surface area contributed by atoms with Crippen LogP contribution < -0.4 is 0 Å². The van der Waals surface area contributed by atoms with Crippen molar-refractivity contribution in [2.75, 3.05) is 27.2 Å². The quantitative estimate of drug-likeness (QED) is 0.0954. The van der Waals surface area contributed by atoms with Crippen molar-refractivity contribution >= 4 is 5.97 Å². The summed E-state index contributed by atoms with van der Waals surface area (Å²) in [6.07, 6.45) is 36.9. The van der Waals surface area contributed by atoms with Gasteiger partial charge in [0.05, 0.1) is 0 Å². The number of carbonyl (C=O) groups excluding carboxylic acids is 1. The summed E-state index contributed by atoms with van der Waals surface area (Å²) >= 11 is 0. The van der Waals surface area contributed by atoms with Crippen LogP contribution >= 0.6 is 0 Å². The number of allylic oxidation sites excluding steroid dienone is 21. The summed E-state index contributed by atoms with van der Waals surface area (Å²) in [6, 6.07) is 0. The highest BCUT2D eigenvalue weighted by atomic mass is 16.5. The lowest BCUT2D eigenvalue weighted by atomic mass is 10.1. The molecule has 0 saturated heterocycles. The maximum absolute atomic E-state index is 11.8. The van der Waals surface area contributed by atoms with Crippen LogP contribution in [0.15, 0.2) is 131 Å². The predicted molar refractivity (Wildman–Crippen MR) is 182 cm³/mol. The molecule has 41 heavy (non-hydrogen) atoms. The summed E-state index contributed by atoms with van der Waals surface area (Å²) < 4.78 is 5.36. The van der Waals surface area contributed by atoms with E-state index in [1.807, 2.05) is 34.0 Å². The van der Waals surface area contributed by atoms with E-state index in [-0.39, 0.29) is 5.97 Å². The second-order valence-corrected chi connectivity index (χ2v) is 10.8. The number of nitrogens with zero attached hydrogens (tertiary/aromatic N) is 1. The summed E-state index contributed by atoms with van der Waals surface area (Å²) in [5.41, 5.74) is 7.25. The number of hydrogen-bond donors (Lipinski definition) is 0. The van der Waals surface area contributed by atoms with Crippen molar-refractivity contribution in [1.82, 2.24) is 4.90 Å². The Hall–Kier alpha value is -3.43. The Morgan fingerprint density at radius 3 is 1.63 bits per heavy atom. The molecule has 0 N–H and O–H groups in total. The SMILES string of the molecule is C/C=C/C(C)=C/C=C/C(C)=C/C=C/C=C(C)/C=C/C=C(C)/C=C/C=C(\C)CC/C=C(\C)COC(=O)CCCN(C)C. The highest BCUT2D eigenvalue weighted by Crippen LogP contribution is 2.09. The monoisotopic (exact) mass is 557 g/mol. The highest BCUT2D eigenvalue weighted by Gasteiger charge is 2.03. The van der Waals surface area contributed by atoms with Crippen LogP contribution in [-0.4, -0.2) is 38.1 Å². The van der Waals surface area contributed by atoms with Gasteiger partial charge < -0.3 is 9.64 Å². The molecule has 3 nitrogen and oxygen atoms in total. The van der Waals surface area contributed by atoms with Gasteiger partial charge in [-0.1, -0.05) is 125 Å². The molecule has 0 aliphatic heterocycles. The molecular formula is C38H55NO2. The molecule has 0 rings (SSSR count). The Bertz CT molecular complexity index is 1110. The van der Waals surface area contributed by atoms with Gasteiger partial charge in [0.2, 0.25) is 0 Å². The first-order chi connectivity index (χ1) is 19.5. The number of carbonyl (C=O) groups is 1. The second kappa shape index (κ2) is 24.4. The average molecular weight is 558 g/mol. The van der Waals surface area contributed by atoms with E-state index < -0.39 is 0 Å². The Kier molecular flexibility index (Phi) is 22.3. The summed E-state index contributed by atoms with van der Waals surface area (Å²) in [5.74, 6) is -0.117. The lowest BCUT2D eigenvalue weighted by molar-refractivity contribution is -0.142. The standard InChI is InChI=1S/C38H55NO2/c1-10-18-32(2)21-13-22-33(3)19-11-12-20-34(4)23-14-24-35(5)25-15-26-36(6)27-16-28-37(7)31-41-38(40)29-17-30-39(8)9/h10-15,18-26,28H,16-17,27,29-31H2,1-9H3/b12-11+,18-10+,22-13+,23-14+,25-15+,32-21+,33-19+,34-20+,35-24+,36-26+,37-28+. The fourth-order valence-electron chi connectivity index (χ4n) is 3.46. The van der Waals surface area contributed by atoms with Crippen molar-refractivity contribution in [2.24, 2.45) is 0 Å². The van der Waals surface area contributed by atoms with E-state index >= 15 is 0 Å². The second-order valence-electron chi connectivity index (χ2n) is 10.8. The van der Waals surface area contributed by atoms with Crippen LogP contribution in [0.1, 0.15) is 74.1 Å². The zero-order valence-electron chi connectivity index (χ0n) is 27.2. The fraction of sp³-hybridized carbons (Fsp3) is 0.395. The van der Waals surface area contributed by atoms with Crippen LogP contribution in [0.5, 0.6) is 0 Å². The van der Waals surface area contributed by atoms with E-state index in [0.29, 0.717) is 13.0 Å². The third-order valence-corrected chi connectivity index (χ3v) is 5.91. The van der Waals surface area contributed by atoms with Crippen LogP contribution in [0.25, 0.3) is 0 Å². The third-order valence-electron chi connectivity index (χ3n) is 5.91. The molecule has 0 saturated carbocycles. The van der Waals surface area contributed by atoms with Crippen LogP contribution in [0.3, 0.4) is 0 Å². The van der Waals surface area contributed by atoms with Crippen LogP contribution in [0.2, 0.25) is 0 Å². The smallest absolute Gasteiger partial charge is 0.306 e. The third kappa shape index (κ3) is 25.3. The lowest BCUT2D eigenvalue weighted by Gasteiger charge is -2.09. The van der Waals surface area contributed by atoms with E-state index in [0.717, 1.165) is 31.4 Å². The van der Waals surface area contributed by atoms with Gasteiger partial charge in [-0.25, -0.2) is 0 Å². The number of ether oxygens (including phenoxy) is 1. The molecule has 224 valence electrons. The van der Waals surface area contributed by atoms with Gasteiger partial charge >= 0.3 is 5.97 Å². The fourth-order valence-corrected chi connectivity index (χ4v) is 3.46. The zero-order valence-corrected chi connectivity index (χ0v) is 27.2. The average Bonchev–Trinajstić information content (AvgIpc) is 2.90. The Balaban J connectivity index is 4.54. The first-order valence-electron chi connectivity index (χ1n) is 14.7. The predicted octanol–water partition coefficient (Wildman–Crippen LogP) is 10.1. The van der Waals surface area contributed by atoms with Crippen molar-refractivity contribution in [3.05, 3.63) is 131 Å². The van der Waals surface area contributed by atoms with Gasteiger partial charge in [-0.2, -0.15) is 0 Å². The van der Waals surface area contributed by atoms with Gasteiger partial charge in [0.1, 0.15) is 6.61 Å². The van der Waals surface area contributed by atoms with Crippen LogP contribution in [0.4, 0.5) is 0 Å². The number of hydrogen-bond acceptors (Lipinski definition) is 3. The minimum absolute atomic E-state index is 0.117. The summed E-state index contributed by atoms with van der Waals surface area (Å²) in [6.45, 7) is 15.9. The minimum atomic E-state index is -0.117. The molecule has 0 fully saturated rings. The summed E-state index contributed by atoms with van der Waals surface area (Å²) in [4.78, 5) is 13.9. The number of rotatable bonds is 18. The molecule has 0 unspecified atom stereocenters. The molecule has 0 radical (unpaired) electrons. The zero-order chi connectivity index (χ0) is 30.9. The molecule has 0 heterocycles. The summed E-state index contributed by atoms with van der Waals surface area (Å²) in [5, 5.41) is 0. The number of esters is 1. The van der Waals surface area contributed by atoms with E-state index in [2.05, 4.69) is 131 Å². The molecule has 3 heteroatoms. The molecule has 0 amide bonds. The summed E-state index contributed by atoms with van der Waals surface area (Å²) in [7, 11) is 4.02. The van der Waals surface area contributed by atoms with Crippen molar-refractivity contribution < 1.29 is 9.53 Å². The van der Waals surface area contributed by atoms with Crippen molar-refractivity contribution in [3.63, 3.8) is 0 Å². The molecule has 0 aliphatic rings. The van der Waals surface area contributed by atoms with Gasteiger partial charge in [0.25, 0.3) is 0 Å². The Labute approximate surface area is 252 Å². The minimum Gasteiger partial charge on any atom is -0.461 e. The van der Waals surface area contributed by atoms with Gasteiger partial charge in [0, 0.05) is 6.42 Å². The molecule has 0 aromatic carbocycles. The van der Waals surface area contributed by atoms with E-state index in [1.165, 1.54) is 27.9 Å². The topological polar surface area (TPSA) is 29.5 Å². The van der Waals surface area contributed by atoms with Crippen molar-refractivity contribution in [2.45, 2.75) is 74.1 Å². The maximum atomic E-state index is 11.8. The Morgan fingerprint density at radius 2 is 1.12 bits per heavy atom. The van der Waals surface area contributed by atoms with E-state index in [4.69, 9.17) is 4.74 Å². The van der Waals surface area contributed by atoms with Gasteiger partial charge in [-0.05, 0) is 93.9 Å².